The molecule has 0 saturated heterocycles. The molecule has 3 rings (SSSR count). The van der Waals surface area contributed by atoms with E-state index in [2.05, 4.69) is 27.2 Å². The number of methoxy groups -OCH3 is 1. The van der Waals surface area contributed by atoms with Crippen LogP contribution in [0.1, 0.15) is 40.0 Å². The molecule has 1 atom stereocenters. The van der Waals surface area contributed by atoms with Gasteiger partial charge in [0.1, 0.15) is 0 Å². The smallest absolute Gasteiger partial charge is 0.256 e. The van der Waals surface area contributed by atoms with Gasteiger partial charge in [0, 0.05) is 48.5 Å². The lowest BCUT2D eigenvalue weighted by Crippen LogP contribution is -2.15. The van der Waals surface area contributed by atoms with Crippen LogP contribution in [-0.2, 0) is 4.74 Å². The van der Waals surface area contributed by atoms with Crippen LogP contribution >= 0.6 is 0 Å². The van der Waals surface area contributed by atoms with Crippen molar-refractivity contribution < 1.29 is 9.53 Å². The number of aromatic nitrogens is 3. The van der Waals surface area contributed by atoms with Crippen molar-refractivity contribution in [1.29, 1.82) is 0 Å². The third-order valence-electron chi connectivity index (χ3n) is 4.21. The van der Waals surface area contributed by atoms with Crippen molar-refractivity contribution >= 4 is 11.7 Å². The highest BCUT2D eigenvalue weighted by molar-refractivity contribution is 6.04. The van der Waals surface area contributed by atoms with E-state index >= 15 is 0 Å². The average molecular weight is 374 g/mol. The first kappa shape index (κ1) is 19.3. The summed E-state index contributed by atoms with van der Waals surface area (Å²) in [7, 11) is 1.65. The van der Waals surface area contributed by atoms with Crippen molar-refractivity contribution in [3.63, 3.8) is 0 Å². The molecule has 6 heteroatoms. The lowest BCUT2D eigenvalue weighted by Gasteiger charge is -2.10. The summed E-state index contributed by atoms with van der Waals surface area (Å²) >= 11 is 0. The summed E-state index contributed by atoms with van der Waals surface area (Å²) in [6, 6.07) is 11.1. The molecular formula is C22H22N4O2. The minimum absolute atomic E-state index is 0.0874. The number of amides is 1. The van der Waals surface area contributed by atoms with E-state index in [1.165, 1.54) is 0 Å². The summed E-state index contributed by atoms with van der Waals surface area (Å²) < 4.78 is 6.89. The van der Waals surface area contributed by atoms with Gasteiger partial charge in [0.25, 0.3) is 5.91 Å². The maximum absolute atomic E-state index is 12.6. The highest BCUT2D eigenvalue weighted by Crippen LogP contribution is 2.14. The fraction of sp³-hybridized carbons (Fsp3) is 0.227. The fourth-order valence-electron chi connectivity index (χ4n) is 2.63. The predicted octanol–water partition coefficient (Wildman–Crippen LogP) is 3.45. The summed E-state index contributed by atoms with van der Waals surface area (Å²) in [5.74, 6) is 6.46. The second-order valence-electron chi connectivity index (χ2n) is 6.46. The molecule has 142 valence electrons. The molecule has 1 N–H and O–H groups in total. The van der Waals surface area contributed by atoms with Crippen LogP contribution in [0.5, 0.6) is 0 Å². The molecule has 0 fully saturated rings. The maximum atomic E-state index is 12.6. The van der Waals surface area contributed by atoms with Crippen molar-refractivity contribution in [1.82, 2.24) is 14.8 Å². The van der Waals surface area contributed by atoms with E-state index in [1.807, 2.05) is 38.2 Å². The zero-order valence-electron chi connectivity index (χ0n) is 16.1. The van der Waals surface area contributed by atoms with Crippen LogP contribution in [-0.4, -0.2) is 34.4 Å². The molecule has 3 aromatic rings. The topological polar surface area (TPSA) is 69.0 Å². The number of hydrogen-bond acceptors (Lipinski definition) is 4. The monoisotopic (exact) mass is 374 g/mol. The van der Waals surface area contributed by atoms with E-state index in [-0.39, 0.29) is 11.9 Å². The van der Waals surface area contributed by atoms with Crippen LogP contribution in [0, 0.1) is 18.8 Å². The van der Waals surface area contributed by atoms with Gasteiger partial charge in [0.2, 0.25) is 0 Å². The predicted molar refractivity (Wildman–Crippen MR) is 108 cm³/mol. The van der Waals surface area contributed by atoms with Crippen LogP contribution in [0.15, 0.2) is 55.0 Å². The third kappa shape index (κ3) is 4.84. The second-order valence-corrected chi connectivity index (χ2v) is 6.46. The Morgan fingerprint density at radius 1 is 1.29 bits per heavy atom. The first-order valence-electron chi connectivity index (χ1n) is 8.95. The minimum Gasteiger partial charge on any atom is -0.382 e. The number of benzene rings is 1. The van der Waals surface area contributed by atoms with Crippen LogP contribution in [0.2, 0.25) is 0 Å². The molecule has 0 saturated carbocycles. The molecule has 0 aliphatic heterocycles. The molecule has 6 nitrogen and oxygen atoms in total. The highest BCUT2D eigenvalue weighted by atomic mass is 16.5. The van der Waals surface area contributed by atoms with Crippen molar-refractivity contribution in [2.75, 3.05) is 19.0 Å². The van der Waals surface area contributed by atoms with Gasteiger partial charge in [-0.25, -0.2) is 0 Å². The number of nitrogens with zero attached hydrogens (tertiary/aromatic N) is 3. The fourth-order valence-corrected chi connectivity index (χ4v) is 2.63. The van der Waals surface area contributed by atoms with Crippen molar-refractivity contribution in [2.45, 2.75) is 19.9 Å². The summed E-state index contributed by atoms with van der Waals surface area (Å²) in [6.45, 7) is 4.51. The van der Waals surface area contributed by atoms with Gasteiger partial charge in [0.15, 0.2) is 5.82 Å². The molecule has 0 bridgehead atoms. The van der Waals surface area contributed by atoms with E-state index in [0.717, 1.165) is 16.7 Å². The molecule has 0 spiro atoms. The van der Waals surface area contributed by atoms with E-state index < -0.39 is 0 Å². The number of anilines is 1. The summed E-state index contributed by atoms with van der Waals surface area (Å²) in [6.07, 6.45) is 5.23. The second kappa shape index (κ2) is 8.98. The Morgan fingerprint density at radius 2 is 2.14 bits per heavy atom. The van der Waals surface area contributed by atoms with Gasteiger partial charge >= 0.3 is 0 Å². The molecule has 1 unspecified atom stereocenters. The normalized spacial score (nSPS) is 11.4. The Bertz CT molecular complexity index is 1020. The molecular weight excluding hydrogens is 352 g/mol. The van der Waals surface area contributed by atoms with E-state index in [4.69, 9.17) is 4.74 Å². The van der Waals surface area contributed by atoms with E-state index in [0.29, 0.717) is 18.0 Å². The Morgan fingerprint density at radius 3 is 2.89 bits per heavy atom. The Labute approximate surface area is 164 Å². The van der Waals surface area contributed by atoms with Gasteiger partial charge in [-0.15, -0.1) is 0 Å². The van der Waals surface area contributed by atoms with E-state index in [1.54, 1.807) is 42.4 Å². The Hall–Kier alpha value is -3.43. The van der Waals surface area contributed by atoms with Crippen LogP contribution < -0.4 is 5.32 Å². The number of aryl methyl sites for hydroxylation is 1. The largest absolute Gasteiger partial charge is 0.382 e. The van der Waals surface area contributed by atoms with Gasteiger partial charge in [-0.1, -0.05) is 17.9 Å². The van der Waals surface area contributed by atoms with Gasteiger partial charge < -0.3 is 10.1 Å². The standard InChI is InChI=1S/C22H22N4O2/c1-16-6-8-20(13-19(16)9-7-18-5-4-11-23-14-18)22(27)24-21-10-12-26(25-21)17(2)15-28-3/h4-6,8,10-14,17H,15H2,1-3H3,(H,24,25,27). The Kier molecular flexibility index (Phi) is 6.20. The van der Waals surface area contributed by atoms with Gasteiger partial charge in [-0.3, -0.25) is 14.5 Å². The molecule has 1 aromatic carbocycles. The Balaban J connectivity index is 1.75. The number of rotatable bonds is 5. The SMILES string of the molecule is COCC(C)n1ccc(NC(=O)c2ccc(C)c(C#Cc3cccnc3)c2)n1. The van der Waals surface area contributed by atoms with E-state index in [9.17, 15) is 4.79 Å². The number of carbonyl (C=O) groups excluding carboxylic acids is 1. The quantitative estimate of drug-likeness (QED) is 0.695. The van der Waals surface area contributed by atoms with Crippen LogP contribution in [0.3, 0.4) is 0 Å². The maximum Gasteiger partial charge on any atom is 0.256 e. The van der Waals surface area contributed by atoms with Crippen molar-refractivity contribution in [3.05, 3.63) is 77.2 Å². The van der Waals surface area contributed by atoms with Crippen molar-refractivity contribution in [3.8, 4) is 11.8 Å². The molecule has 2 heterocycles. The summed E-state index contributed by atoms with van der Waals surface area (Å²) in [4.78, 5) is 16.7. The molecule has 0 aliphatic carbocycles. The summed E-state index contributed by atoms with van der Waals surface area (Å²) in [5, 5.41) is 7.21. The zero-order valence-corrected chi connectivity index (χ0v) is 16.1. The van der Waals surface area contributed by atoms with Gasteiger partial charge in [0.05, 0.1) is 12.6 Å². The molecule has 0 aliphatic rings. The number of hydrogen-bond donors (Lipinski definition) is 1. The third-order valence-corrected chi connectivity index (χ3v) is 4.21. The first-order chi connectivity index (χ1) is 13.6. The molecule has 1 amide bonds. The molecule has 2 aromatic heterocycles. The minimum atomic E-state index is -0.228. The number of carbonyl (C=O) groups is 1. The van der Waals surface area contributed by atoms with Gasteiger partial charge in [-0.2, -0.15) is 5.10 Å². The first-order valence-corrected chi connectivity index (χ1v) is 8.95. The summed E-state index contributed by atoms with van der Waals surface area (Å²) in [5.41, 5.74) is 3.16. The van der Waals surface area contributed by atoms with Crippen LogP contribution in [0.4, 0.5) is 5.82 Å². The molecule has 0 radical (unpaired) electrons. The van der Waals surface area contributed by atoms with Crippen molar-refractivity contribution in [2.24, 2.45) is 0 Å². The molecule has 28 heavy (non-hydrogen) atoms. The van der Waals surface area contributed by atoms with Gasteiger partial charge in [-0.05, 0) is 43.7 Å². The van der Waals surface area contributed by atoms with Crippen LogP contribution in [0.25, 0.3) is 0 Å². The number of pyridine rings is 1. The zero-order chi connectivity index (χ0) is 19.9. The highest BCUT2D eigenvalue weighted by Gasteiger charge is 2.11. The number of ether oxygens (including phenoxy) is 1. The average Bonchev–Trinajstić information content (AvgIpc) is 3.17. The lowest BCUT2D eigenvalue weighted by atomic mass is 10.0. The lowest BCUT2D eigenvalue weighted by molar-refractivity contribution is 0.102. The number of nitrogens with one attached hydrogen (secondary N) is 1.